The van der Waals surface area contributed by atoms with Gasteiger partial charge in [-0.2, -0.15) is 5.26 Å². The third kappa shape index (κ3) is 2.43. The van der Waals surface area contributed by atoms with Crippen molar-refractivity contribution < 1.29 is 0 Å². The van der Waals surface area contributed by atoms with Gasteiger partial charge in [-0.05, 0) is 29.3 Å². The van der Waals surface area contributed by atoms with Crippen LogP contribution in [-0.2, 0) is 0 Å². The minimum absolute atomic E-state index is 0.577. The van der Waals surface area contributed by atoms with Crippen LogP contribution in [0.1, 0.15) is 5.56 Å². The van der Waals surface area contributed by atoms with Crippen molar-refractivity contribution in [3.05, 3.63) is 78.5 Å². The number of hydrogen-bond acceptors (Lipinski definition) is 2. The summed E-state index contributed by atoms with van der Waals surface area (Å²) < 4.78 is 0. The van der Waals surface area contributed by atoms with E-state index in [9.17, 15) is 0 Å². The molecule has 0 fully saturated rings. The molecule has 0 aliphatic rings. The molecule has 2 heteroatoms. The topological polar surface area (TPSA) is 36.7 Å². The monoisotopic (exact) mass is 256 g/mol. The standard InChI is InChI=1S/C18H12N2/c19-12-14-9-10-18(20-13-14)17-8-4-7-16(11-17)15-5-2-1-3-6-15/h1-11,13H. The van der Waals surface area contributed by atoms with Gasteiger partial charge in [-0.15, -0.1) is 0 Å². The lowest BCUT2D eigenvalue weighted by Crippen LogP contribution is -1.85. The van der Waals surface area contributed by atoms with Crippen LogP contribution >= 0.6 is 0 Å². The molecule has 0 aliphatic carbocycles. The van der Waals surface area contributed by atoms with Crippen molar-refractivity contribution in [2.75, 3.05) is 0 Å². The molecule has 2 aromatic carbocycles. The van der Waals surface area contributed by atoms with E-state index in [2.05, 4.69) is 35.3 Å². The van der Waals surface area contributed by atoms with E-state index in [1.165, 1.54) is 5.56 Å². The molecule has 0 unspecified atom stereocenters. The summed E-state index contributed by atoms with van der Waals surface area (Å²) in [5.41, 5.74) is 4.85. The van der Waals surface area contributed by atoms with E-state index < -0.39 is 0 Å². The highest BCUT2D eigenvalue weighted by atomic mass is 14.7. The van der Waals surface area contributed by atoms with Gasteiger partial charge in [0.05, 0.1) is 11.3 Å². The van der Waals surface area contributed by atoms with Crippen molar-refractivity contribution in [2.24, 2.45) is 0 Å². The number of benzene rings is 2. The molecular weight excluding hydrogens is 244 g/mol. The zero-order valence-electron chi connectivity index (χ0n) is 10.8. The smallest absolute Gasteiger partial charge is 0.101 e. The zero-order valence-corrected chi connectivity index (χ0v) is 10.8. The van der Waals surface area contributed by atoms with E-state index in [-0.39, 0.29) is 0 Å². The summed E-state index contributed by atoms with van der Waals surface area (Å²) in [6.07, 6.45) is 1.60. The van der Waals surface area contributed by atoms with Crippen LogP contribution < -0.4 is 0 Å². The molecule has 3 rings (SSSR count). The quantitative estimate of drug-likeness (QED) is 0.686. The zero-order chi connectivity index (χ0) is 13.8. The molecule has 0 saturated carbocycles. The summed E-state index contributed by atoms with van der Waals surface area (Å²) in [5, 5.41) is 8.80. The van der Waals surface area contributed by atoms with Crippen LogP contribution in [0, 0.1) is 11.3 Å². The van der Waals surface area contributed by atoms with Gasteiger partial charge in [-0.1, -0.05) is 48.5 Å². The molecule has 94 valence electrons. The maximum Gasteiger partial charge on any atom is 0.101 e. The SMILES string of the molecule is N#Cc1ccc(-c2cccc(-c3ccccc3)c2)nc1. The normalized spacial score (nSPS) is 9.95. The molecule has 20 heavy (non-hydrogen) atoms. The molecule has 0 aliphatic heterocycles. The summed E-state index contributed by atoms with van der Waals surface area (Å²) in [5.74, 6) is 0. The number of rotatable bonds is 2. The Kier molecular flexibility index (Phi) is 3.26. The minimum atomic E-state index is 0.577. The van der Waals surface area contributed by atoms with Gasteiger partial charge in [-0.25, -0.2) is 0 Å². The first kappa shape index (κ1) is 12.1. The average molecular weight is 256 g/mol. The summed E-state index contributed by atoms with van der Waals surface area (Å²) >= 11 is 0. The minimum Gasteiger partial charge on any atom is -0.255 e. The highest BCUT2D eigenvalue weighted by molar-refractivity contribution is 5.71. The maximum atomic E-state index is 8.80. The van der Waals surface area contributed by atoms with Gasteiger partial charge < -0.3 is 0 Å². The Hall–Kier alpha value is -2.92. The van der Waals surface area contributed by atoms with E-state index in [0.717, 1.165) is 16.8 Å². The number of nitrogens with zero attached hydrogens (tertiary/aromatic N) is 2. The highest BCUT2D eigenvalue weighted by Gasteiger charge is 2.02. The third-order valence-corrected chi connectivity index (χ3v) is 3.16. The van der Waals surface area contributed by atoms with Crippen LogP contribution in [0.4, 0.5) is 0 Å². The van der Waals surface area contributed by atoms with Crippen LogP contribution in [0.15, 0.2) is 72.9 Å². The van der Waals surface area contributed by atoms with Gasteiger partial charge in [0.1, 0.15) is 6.07 Å². The van der Waals surface area contributed by atoms with Crippen molar-refractivity contribution in [1.29, 1.82) is 5.26 Å². The van der Waals surface area contributed by atoms with Gasteiger partial charge in [0.25, 0.3) is 0 Å². The summed E-state index contributed by atoms with van der Waals surface area (Å²) in [6.45, 7) is 0. The first-order valence-corrected chi connectivity index (χ1v) is 6.39. The Balaban J connectivity index is 2.01. The first-order valence-electron chi connectivity index (χ1n) is 6.39. The predicted molar refractivity (Wildman–Crippen MR) is 79.8 cm³/mol. The fourth-order valence-corrected chi connectivity index (χ4v) is 2.12. The van der Waals surface area contributed by atoms with Crippen molar-refractivity contribution in [3.63, 3.8) is 0 Å². The fraction of sp³-hybridized carbons (Fsp3) is 0. The number of pyridine rings is 1. The Labute approximate surface area is 118 Å². The van der Waals surface area contributed by atoms with E-state index >= 15 is 0 Å². The van der Waals surface area contributed by atoms with E-state index in [4.69, 9.17) is 5.26 Å². The Bertz CT molecular complexity index is 753. The van der Waals surface area contributed by atoms with Crippen molar-refractivity contribution >= 4 is 0 Å². The van der Waals surface area contributed by atoms with Gasteiger partial charge in [0.2, 0.25) is 0 Å². The molecule has 1 aromatic heterocycles. The van der Waals surface area contributed by atoms with Crippen LogP contribution in [0.3, 0.4) is 0 Å². The predicted octanol–water partition coefficient (Wildman–Crippen LogP) is 4.29. The van der Waals surface area contributed by atoms with Crippen LogP contribution in [0.5, 0.6) is 0 Å². The summed E-state index contributed by atoms with van der Waals surface area (Å²) in [6, 6.07) is 24.2. The van der Waals surface area contributed by atoms with Crippen LogP contribution in [0.2, 0.25) is 0 Å². The van der Waals surface area contributed by atoms with Gasteiger partial charge in [-0.3, -0.25) is 4.98 Å². The second-order valence-electron chi connectivity index (χ2n) is 4.49. The summed E-state index contributed by atoms with van der Waals surface area (Å²) in [7, 11) is 0. The Morgan fingerprint density at radius 1 is 0.750 bits per heavy atom. The lowest BCUT2D eigenvalue weighted by atomic mass is 10.0. The molecule has 0 spiro atoms. The molecule has 0 N–H and O–H groups in total. The first-order chi connectivity index (χ1) is 9.86. The second kappa shape index (κ2) is 5.38. The molecule has 0 radical (unpaired) electrons. The fourth-order valence-electron chi connectivity index (χ4n) is 2.12. The molecule has 0 bridgehead atoms. The molecule has 0 amide bonds. The lowest BCUT2D eigenvalue weighted by molar-refractivity contribution is 1.30. The number of hydrogen-bond donors (Lipinski definition) is 0. The van der Waals surface area contributed by atoms with Crippen LogP contribution in [0.25, 0.3) is 22.4 Å². The van der Waals surface area contributed by atoms with Crippen LogP contribution in [-0.4, -0.2) is 4.98 Å². The molecule has 0 saturated heterocycles. The number of aromatic nitrogens is 1. The second-order valence-corrected chi connectivity index (χ2v) is 4.49. The molecule has 0 atom stereocenters. The van der Waals surface area contributed by atoms with E-state index in [1.807, 2.05) is 36.4 Å². The number of nitriles is 1. The van der Waals surface area contributed by atoms with E-state index in [0.29, 0.717) is 5.56 Å². The highest BCUT2D eigenvalue weighted by Crippen LogP contribution is 2.25. The van der Waals surface area contributed by atoms with Gasteiger partial charge in [0.15, 0.2) is 0 Å². The Morgan fingerprint density at radius 2 is 1.50 bits per heavy atom. The van der Waals surface area contributed by atoms with E-state index in [1.54, 1.807) is 12.3 Å². The van der Waals surface area contributed by atoms with Gasteiger partial charge >= 0.3 is 0 Å². The lowest BCUT2D eigenvalue weighted by Gasteiger charge is -2.05. The third-order valence-electron chi connectivity index (χ3n) is 3.16. The Morgan fingerprint density at radius 3 is 2.20 bits per heavy atom. The summed E-state index contributed by atoms with van der Waals surface area (Å²) in [4.78, 5) is 4.33. The maximum absolute atomic E-state index is 8.80. The molecular formula is C18H12N2. The molecule has 1 heterocycles. The van der Waals surface area contributed by atoms with Crippen molar-refractivity contribution in [1.82, 2.24) is 4.98 Å². The molecule has 3 aromatic rings. The van der Waals surface area contributed by atoms with Crippen molar-refractivity contribution in [2.45, 2.75) is 0 Å². The van der Waals surface area contributed by atoms with Crippen molar-refractivity contribution in [3.8, 4) is 28.5 Å². The molecule has 2 nitrogen and oxygen atoms in total. The average Bonchev–Trinajstić information content (AvgIpc) is 2.56. The largest absolute Gasteiger partial charge is 0.255 e. The van der Waals surface area contributed by atoms with Gasteiger partial charge in [0, 0.05) is 11.8 Å².